The van der Waals surface area contributed by atoms with Crippen molar-refractivity contribution in [1.29, 1.82) is 0 Å². The topological polar surface area (TPSA) is 92.5 Å². The lowest BCUT2D eigenvalue weighted by Crippen LogP contribution is -2.40. The molecular formula is C14H22FN3O3S. The van der Waals surface area contributed by atoms with E-state index >= 15 is 0 Å². The van der Waals surface area contributed by atoms with Crippen molar-refractivity contribution in [2.24, 2.45) is 11.1 Å². The Hall–Kier alpha value is -1.67. The second-order valence-electron chi connectivity index (χ2n) is 6.09. The SMILES string of the molecule is CN(CC(C)(C)CN)C(=O)c1cc(F)ccc1NS(C)(=O)=O. The molecule has 0 fully saturated rings. The third kappa shape index (κ3) is 5.27. The summed E-state index contributed by atoms with van der Waals surface area (Å²) in [6.45, 7) is 4.54. The van der Waals surface area contributed by atoms with Gasteiger partial charge < -0.3 is 10.6 Å². The maximum absolute atomic E-state index is 13.4. The third-order valence-corrected chi connectivity index (χ3v) is 3.66. The number of nitrogens with zero attached hydrogens (tertiary/aromatic N) is 1. The van der Waals surface area contributed by atoms with Crippen LogP contribution in [0.5, 0.6) is 0 Å². The third-order valence-electron chi connectivity index (χ3n) is 3.07. The van der Waals surface area contributed by atoms with Crippen LogP contribution in [0.15, 0.2) is 18.2 Å². The fraction of sp³-hybridized carbons (Fsp3) is 0.500. The van der Waals surface area contributed by atoms with Gasteiger partial charge in [-0.1, -0.05) is 13.8 Å². The summed E-state index contributed by atoms with van der Waals surface area (Å²) in [6, 6.07) is 3.33. The average molecular weight is 331 g/mol. The molecule has 0 atom stereocenters. The molecule has 1 aromatic carbocycles. The van der Waals surface area contributed by atoms with E-state index in [1.54, 1.807) is 7.05 Å². The number of amides is 1. The van der Waals surface area contributed by atoms with E-state index in [1.807, 2.05) is 13.8 Å². The molecular weight excluding hydrogens is 309 g/mol. The van der Waals surface area contributed by atoms with Gasteiger partial charge in [-0.25, -0.2) is 12.8 Å². The first kappa shape index (κ1) is 18.4. The number of sulfonamides is 1. The molecule has 0 spiro atoms. The molecule has 6 nitrogen and oxygen atoms in total. The minimum Gasteiger partial charge on any atom is -0.341 e. The van der Waals surface area contributed by atoms with Crippen LogP contribution in [0, 0.1) is 11.2 Å². The van der Waals surface area contributed by atoms with Gasteiger partial charge in [-0.2, -0.15) is 0 Å². The van der Waals surface area contributed by atoms with Gasteiger partial charge in [0.1, 0.15) is 5.82 Å². The van der Waals surface area contributed by atoms with Crippen LogP contribution in [0.3, 0.4) is 0 Å². The average Bonchev–Trinajstić information content (AvgIpc) is 2.38. The fourth-order valence-corrected chi connectivity index (χ4v) is 2.54. The molecule has 0 aliphatic carbocycles. The van der Waals surface area contributed by atoms with E-state index in [0.717, 1.165) is 18.4 Å². The molecule has 0 unspecified atom stereocenters. The van der Waals surface area contributed by atoms with Crippen LogP contribution in [0.2, 0.25) is 0 Å². The molecule has 0 saturated carbocycles. The Morgan fingerprint density at radius 2 is 2.00 bits per heavy atom. The molecule has 0 aromatic heterocycles. The van der Waals surface area contributed by atoms with Crippen LogP contribution < -0.4 is 10.5 Å². The Labute approximate surface area is 130 Å². The number of rotatable bonds is 6. The van der Waals surface area contributed by atoms with E-state index in [4.69, 9.17) is 5.73 Å². The zero-order valence-corrected chi connectivity index (χ0v) is 14.0. The quantitative estimate of drug-likeness (QED) is 0.820. The van der Waals surface area contributed by atoms with E-state index in [1.165, 1.54) is 11.0 Å². The van der Waals surface area contributed by atoms with Gasteiger partial charge in [-0.05, 0) is 30.2 Å². The molecule has 124 valence electrons. The van der Waals surface area contributed by atoms with Crippen molar-refractivity contribution in [2.75, 3.05) is 31.1 Å². The lowest BCUT2D eigenvalue weighted by atomic mass is 9.93. The molecule has 0 bridgehead atoms. The highest BCUT2D eigenvalue weighted by atomic mass is 32.2. The molecule has 0 radical (unpaired) electrons. The molecule has 1 amide bonds. The van der Waals surface area contributed by atoms with Gasteiger partial charge in [-0.15, -0.1) is 0 Å². The number of nitrogens with two attached hydrogens (primary N) is 1. The molecule has 22 heavy (non-hydrogen) atoms. The molecule has 0 saturated heterocycles. The largest absolute Gasteiger partial charge is 0.341 e. The minimum absolute atomic E-state index is 0.0410. The first-order valence-electron chi connectivity index (χ1n) is 6.68. The Kier molecular flexibility index (Phi) is 5.53. The predicted octanol–water partition coefficient (Wildman–Crippen LogP) is 1.25. The van der Waals surface area contributed by atoms with Crippen molar-refractivity contribution >= 4 is 21.6 Å². The number of carbonyl (C=O) groups is 1. The fourth-order valence-electron chi connectivity index (χ4n) is 1.97. The van der Waals surface area contributed by atoms with Crippen LogP contribution in [-0.4, -0.2) is 45.6 Å². The van der Waals surface area contributed by atoms with Crippen LogP contribution >= 0.6 is 0 Å². The van der Waals surface area contributed by atoms with Gasteiger partial charge in [-0.3, -0.25) is 9.52 Å². The van der Waals surface area contributed by atoms with E-state index in [0.29, 0.717) is 13.1 Å². The first-order chi connectivity index (χ1) is 9.95. The number of hydrogen-bond acceptors (Lipinski definition) is 4. The van der Waals surface area contributed by atoms with Crippen LogP contribution in [0.1, 0.15) is 24.2 Å². The van der Waals surface area contributed by atoms with Crippen LogP contribution in [-0.2, 0) is 10.0 Å². The number of benzene rings is 1. The van der Waals surface area contributed by atoms with E-state index < -0.39 is 21.7 Å². The second-order valence-corrected chi connectivity index (χ2v) is 7.84. The summed E-state index contributed by atoms with van der Waals surface area (Å²) in [5.41, 5.74) is 5.34. The maximum atomic E-state index is 13.4. The summed E-state index contributed by atoms with van der Waals surface area (Å²) in [5.74, 6) is -1.10. The highest BCUT2D eigenvalue weighted by molar-refractivity contribution is 7.92. The molecule has 0 aliphatic rings. The Bertz CT molecular complexity index is 659. The standard InChI is InChI=1S/C14H22FN3O3S/c1-14(2,8-16)9-18(3)13(19)11-7-10(15)5-6-12(11)17-22(4,20)21/h5-7,17H,8-9,16H2,1-4H3. The smallest absolute Gasteiger partial charge is 0.255 e. The van der Waals surface area contributed by atoms with Crippen molar-refractivity contribution < 1.29 is 17.6 Å². The highest BCUT2D eigenvalue weighted by Gasteiger charge is 2.24. The molecule has 1 rings (SSSR count). The summed E-state index contributed by atoms with van der Waals surface area (Å²) >= 11 is 0. The van der Waals surface area contributed by atoms with E-state index in [2.05, 4.69) is 4.72 Å². The number of nitrogens with one attached hydrogen (secondary N) is 1. The van der Waals surface area contributed by atoms with Crippen molar-refractivity contribution in [1.82, 2.24) is 4.90 Å². The van der Waals surface area contributed by atoms with Crippen LogP contribution in [0.4, 0.5) is 10.1 Å². The normalized spacial score (nSPS) is 12.1. The lowest BCUT2D eigenvalue weighted by molar-refractivity contribution is 0.0741. The summed E-state index contributed by atoms with van der Waals surface area (Å²) in [4.78, 5) is 13.9. The number of anilines is 1. The Morgan fingerprint density at radius 3 is 2.50 bits per heavy atom. The first-order valence-corrected chi connectivity index (χ1v) is 8.57. The zero-order valence-electron chi connectivity index (χ0n) is 13.2. The summed E-state index contributed by atoms with van der Waals surface area (Å²) in [6.07, 6.45) is 0.964. The summed E-state index contributed by atoms with van der Waals surface area (Å²) in [5, 5.41) is 0. The molecule has 3 N–H and O–H groups in total. The maximum Gasteiger partial charge on any atom is 0.255 e. The lowest BCUT2D eigenvalue weighted by Gasteiger charge is -2.29. The summed E-state index contributed by atoms with van der Waals surface area (Å²) < 4.78 is 38.4. The number of hydrogen-bond donors (Lipinski definition) is 2. The van der Waals surface area contributed by atoms with Gasteiger partial charge in [0.05, 0.1) is 17.5 Å². The molecule has 0 aliphatic heterocycles. The van der Waals surface area contributed by atoms with Gasteiger partial charge in [0.25, 0.3) is 5.91 Å². The number of carbonyl (C=O) groups excluding carboxylic acids is 1. The van der Waals surface area contributed by atoms with Crippen LogP contribution in [0.25, 0.3) is 0 Å². The Morgan fingerprint density at radius 1 is 1.41 bits per heavy atom. The molecule has 0 heterocycles. The van der Waals surface area contributed by atoms with Crippen molar-refractivity contribution in [2.45, 2.75) is 13.8 Å². The minimum atomic E-state index is -3.57. The monoisotopic (exact) mass is 331 g/mol. The van der Waals surface area contributed by atoms with Gasteiger partial charge in [0, 0.05) is 13.6 Å². The predicted molar refractivity (Wildman–Crippen MR) is 84.7 cm³/mol. The van der Waals surface area contributed by atoms with Crippen molar-refractivity contribution in [3.8, 4) is 0 Å². The molecule has 1 aromatic rings. The zero-order chi connectivity index (χ0) is 17.1. The number of halogens is 1. The Balaban J connectivity index is 3.13. The second kappa shape index (κ2) is 6.62. The highest BCUT2D eigenvalue weighted by Crippen LogP contribution is 2.22. The van der Waals surface area contributed by atoms with E-state index in [9.17, 15) is 17.6 Å². The molecule has 8 heteroatoms. The summed E-state index contributed by atoms with van der Waals surface area (Å²) in [7, 11) is -2.01. The van der Waals surface area contributed by atoms with Crippen molar-refractivity contribution in [3.63, 3.8) is 0 Å². The van der Waals surface area contributed by atoms with Gasteiger partial charge in [0.2, 0.25) is 10.0 Å². The van der Waals surface area contributed by atoms with Gasteiger partial charge in [0.15, 0.2) is 0 Å². The van der Waals surface area contributed by atoms with E-state index in [-0.39, 0.29) is 16.7 Å². The van der Waals surface area contributed by atoms with Crippen molar-refractivity contribution in [3.05, 3.63) is 29.6 Å². The van der Waals surface area contributed by atoms with Gasteiger partial charge >= 0.3 is 0 Å².